The summed E-state index contributed by atoms with van der Waals surface area (Å²) in [5.74, 6) is -1.66. The van der Waals surface area contributed by atoms with Crippen LogP contribution in [0.4, 0.5) is 23.2 Å². The smallest absolute Gasteiger partial charge is 0.342 e. The predicted molar refractivity (Wildman–Crippen MR) is 104 cm³/mol. The SMILES string of the molecule is N[C@H]1CCCC[C@@H]1C(=O)N1CCC(CC(=O)Nc2ccc(F)cc2C(F)(F)F)CC1. The number of anilines is 1. The summed E-state index contributed by atoms with van der Waals surface area (Å²) in [6.07, 6.45) is 0.220. The number of carbonyl (C=O) groups is 2. The Hall–Kier alpha value is -2.16. The molecule has 2 amide bonds. The van der Waals surface area contributed by atoms with E-state index >= 15 is 0 Å². The van der Waals surface area contributed by atoms with Crippen LogP contribution in [0.1, 0.15) is 50.5 Å². The number of alkyl halides is 3. The monoisotopic (exact) mass is 429 g/mol. The molecule has 0 radical (unpaired) electrons. The van der Waals surface area contributed by atoms with Crippen molar-refractivity contribution in [3.05, 3.63) is 29.6 Å². The maximum atomic E-state index is 13.2. The Labute approximate surface area is 173 Å². The lowest BCUT2D eigenvalue weighted by molar-refractivity contribution is -0.138. The van der Waals surface area contributed by atoms with Crippen LogP contribution >= 0.6 is 0 Å². The fraction of sp³-hybridized carbons (Fsp3) is 0.619. The molecule has 1 aromatic rings. The highest BCUT2D eigenvalue weighted by molar-refractivity contribution is 5.91. The number of nitrogens with one attached hydrogen (secondary N) is 1. The van der Waals surface area contributed by atoms with Crippen molar-refractivity contribution in [1.82, 2.24) is 4.90 Å². The fourth-order valence-corrected chi connectivity index (χ4v) is 4.38. The van der Waals surface area contributed by atoms with Crippen LogP contribution in [-0.4, -0.2) is 35.8 Å². The first-order valence-corrected chi connectivity index (χ1v) is 10.4. The van der Waals surface area contributed by atoms with Gasteiger partial charge in [0.05, 0.1) is 17.2 Å². The molecule has 2 fully saturated rings. The number of benzene rings is 1. The van der Waals surface area contributed by atoms with Crippen LogP contribution in [0.2, 0.25) is 0 Å². The van der Waals surface area contributed by atoms with E-state index in [1.165, 1.54) is 0 Å². The Balaban J connectivity index is 1.52. The average Bonchev–Trinajstić information content (AvgIpc) is 2.69. The van der Waals surface area contributed by atoms with Gasteiger partial charge in [-0.05, 0) is 49.8 Å². The van der Waals surface area contributed by atoms with Gasteiger partial charge in [-0.2, -0.15) is 13.2 Å². The molecule has 0 bridgehead atoms. The van der Waals surface area contributed by atoms with Crippen LogP contribution in [0.15, 0.2) is 18.2 Å². The van der Waals surface area contributed by atoms with E-state index in [9.17, 15) is 27.2 Å². The molecule has 1 saturated carbocycles. The lowest BCUT2D eigenvalue weighted by atomic mass is 9.83. The molecular weight excluding hydrogens is 402 g/mol. The lowest BCUT2D eigenvalue weighted by Gasteiger charge is -2.37. The molecule has 0 aromatic heterocycles. The Bertz CT molecular complexity index is 776. The lowest BCUT2D eigenvalue weighted by Crippen LogP contribution is -2.48. The van der Waals surface area contributed by atoms with Gasteiger partial charge in [0.2, 0.25) is 11.8 Å². The number of carbonyl (C=O) groups excluding carboxylic acids is 2. The number of rotatable bonds is 4. The molecule has 1 saturated heterocycles. The maximum Gasteiger partial charge on any atom is 0.418 e. The second kappa shape index (κ2) is 9.32. The van der Waals surface area contributed by atoms with E-state index in [0.29, 0.717) is 32.0 Å². The second-order valence-electron chi connectivity index (χ2n) is 8.26. The molecule has 5 nitrogen and oxygen atoms in total. The van der Waals surface area contributed by atoms with Gasteiger partial charge < -0.3 is 16.0 Å². The van der Waals surface area contributed by atoms with Crippen molar-refractivity contribution in [3.63, 3.8) is 0 Å². The van der Waals surface area contributed by atoms with Crippen molar-refractivity contribution in [2.75, 3.05) is 18.4 Å². The number of hydrogen-bond donors (Lipinski definition) is 2. The normalized spacial score (nSPS) is 23.3. The Morgan fingerprint density at radius 3 is 2.40 bits per heavy atom. The van der Waals surface area contributed by atoms with Crippen molar-refractivity contribution in [2.24, 2.45) is 17.6 Å². The highest BCUT2D eigenvalue weighted by Crippen LogP contribution is 2.35. The van der Waals surface area contributed by atoms with Gasteiger partial charge in [-0.1, -0.05) is 12.8 Å². The van der Waals surface area contributed by atoms with Crippen LogP contribution < -0.4 is 11.1 Å². The second-order valence-corrected chi connectivity index (χ2v) is 8.26. The standard InChI is InChI=1S/C21H27F4N3O2/c22-14-5-6-18(16(12-14)21(23,24)25)27-19(29)11-13-7-9-28(10-8-13)20(30)15-3-1-2-4-17(15)26/h5-6,12-13,15,17H,1-4,7-11,26H2,(H,27,29)/t15-,17-/m0/s1. The zero-order chi connectivity index (χ0) is 21.9. The van der Waals surface area contributed by atoms with Crippen LogP contribution in [0.3, 0.4) is 0 Å². The highest BCUT2D eigenvalue weighted by atomic mass is 19.4. The van der Waals surface area contributed by atoms with E-state index in [0.717, 1.165) is 37.8 Å². The first-order chi connectivity index (χ1) is 14.1. The largest absolute Gasteiger partial charge is 0.418 e. The molecule has 1 aliphatic carbocycles. The first kappa shape index (κ1) is 22.5. The number of piperidine rings is 1. The van der Waals surface area contributed by atoms with Crippen LogP contribution in [0.25, 0.3) is 0 Å². The fourth-order valence-electron chi connectivity index (χ4n) is 4.38. The Kier molecular flexibility index (Phi) is 7.00. The van der Waals surface area contributed by atoms with E-state index < -0.39 is 29.2 Å². The molecule has 1 heterocycles. The molecule has 2 atom stereocenters. The number of halogens is 4. The Morgan fingerprint density at radius 1 is 1.10 bits per heavy atom. The summed E-state index contributed by atoms with van der Waals surface area (Å²) in [6.45, 7) is 1.04. The summed E-state index contributed by atoms with van der Waals surface area (Å²) in [5.41, 5.74) is 4.44. The van der Waals surface area contributed by atoms with Gasteiger partial charge in [-0.25, -0.2) is 4.39 Å². The number of amides is 2. The highest BCUT2D eigenvalue weighted by Gasteiger charge is 2.35. The van der Waals surface area contributed by atoms with E-state index in [1.807, 2.05) is 0 Å². The molecule has 3 rings (SSSR count). The number of likely N-dealkylation sites (tertiary alicyclic amines) is 1. The first-order valence-electron chi connectivity index (χ1n) is 10.4. The molecule has 9 heteroatoms. The Morgan fingerprint density at radius 2 is 1.77 bits per heavy atom. The van der Waals surface area contributed by atoms with Crippen molar-refractivity contribution in [1.29, 1.82) is 0 Å². The van der Waals surface area contributed by atoms with Crippen LogP contribution in [-0.2, 0) is 15.8 Å². The van der Waals surface area contributed by atoms with Crippen molar-refractivity contribution >= 4 is 17.5 Å². The molecule has 2 aliphatic rings. The van der Waals surface area contributed by atoms with Crippen molar-refractivity contribution < 1.29 is 27.2 Å². The van der Waals surface area contributed by atoms with Gasteiger partial charge in [0.1, 0.15) is 5.82 Å². The van der Waals surface area contributed by atoms with Gasteiger partial charge >= 0.3 is 6.18 Å². The summed E-state index contributed by atoms with van der Waals surface area (Å²) in [5, 5.41) is 2.26. The number of nitrogens with zero attached hydrogens (tertiary/aromatic N) is 1. The molecular formula is C21H27F4N3O2. The topological polar surface area (TPSA) is 75.4 Å². The summed E-state index contributed by atoms with van der Waals surface area (Å²) < 4.78 is 52.4. The van der Waals surface area contributed by atoms with E-state index in [4.69, 9.17) is 5.73 Å². The third-order valence-corrected chi connectivity index (χ3v) is 6.10. The number of hydrogen-bond acceptors (Lipinski definition) is 3. The summed E-state index contributed by atoms with van der Waals surface area (Å²) in [7, 11) is 0. The summed E-state index contributed by atoms with van der Waals surface area (Å²) >= 11 is 0. The van der Waals surface area contributed by atoms with Gasteiger partial charge in [0.15, 0.2) is 0 Å². The van der Waals surface area contributed by atoms with Crippen molar-refractivity contribution in [3.8, 4) is 0 Å². The molecule has 0 spiro atoms. The summed E-state index contributed by atoms with van der Waals surface area (Å²) in [6, 6.07) is 2.07. The molecule has 3 N–H and O–H groups in total. The van der Waals surface area contributed by atoms with E-state index in [2.05, 4.69) is 5.32 Å². The molecule has 1 aromatic carbocycles. The third kappa shape index (κ3) is 5.50. The van der Waals surface area contributed by atoms with Crippen LogP contribution in [0, 0.1) is 17.7 Å². The zero-order valence-electron chi connectivity index (χ0n) is 16.7. The average molecular weight is 429 g/mol. The minimum absolute atomic E-state index is 0.0242. The number of nitrogens with two attached hydrogens (primary N) is 1. The van der Waals surface area contributed by atoms with Gasteiger partial charge in [0.25, 0.3) is 0 Å². The molecule has 166 valence electrons. The quantitative estimate of drug-likeness (QED) is 0.713. The minimum Gasteiger partial charge on any atom is -0.342 e. The van der Waals surface area contributed by atoms with Crippen LogP contribution in [0.5, 0.6) is 0 Å². The van der Waals surface area contributed by atoms with Gasteiger partial charge in [0, 0.05) is 25.6 Å². The van der Waals surface area contributed by atoms with E-state index in [1.54, 1.807) is 4.90 Å². The molecule has 1 aliphatic heterocycles. The van der Waals surface area contributed by atoms with Gasteiger partial charge in [-0.15, -0.1) is 0 Å². The predicted octanol–water partition coefficient (Wildman–Crippen LogP) is 3.93. The third-order valence-electron chi connectivity index (χ3n) is 6.10. The zero-order valence-corrected chi connectivity index (χ0v) is 16.7. The minimum atomic E-state index is -4.77. The maximum absolute atomic E-state index is 13.2. The molecule has 0 unspecified atom stereocenters. The summed E-state index contributed by atoms with van der Waals surface area (Å²) in [4.78, 5) is 26.8. The van der Waals surface area contributed by atoms with Gasteiger partial charge in [-0.3, -0.25) is 9.59 Å². The molecule has 30 heavy (non-hydrogen) atoms. The van der Waals surface area contributed by atoms with E-state index in [-0.39, 0.29) is 30.2 Å². The van der Waals surface area contributed by atoms with Crippen molar-refractivity contribution in [2.45, 2.75) is 57.2 Å².